The Labute approximate surface area is 118 Å². The molecule has 19 heavy (non-hydrogen) atoms. The highest BCUT2D eigenvalue weighted by molar-refractivity contribution is 4.99. The minimum atomic E-state index is 0.176. The molecule has 112 valence electrons. The molecule has 0 aromatic heterocycles. The minimum Gasteiger partial charge on any atom is -0.381 e. The lowest BCUT2D eigenvalue weighted by atomic mass is 9.75. The van der Waals surface area contributed by atoms with Gasteiger partial charge in [0, 0.05) is 25.2 Å². The summed E-state index contributed by atoms with van der Waals surface area (Å²) in [6.07, 6.45) is 10.7. The Hall–Kier alpha value is -0.120. The van der Waals surface area contributed by atoms with Crippen molar-refractivity contribution in [2.75, 3.05) is 20.7 Å². The van der Waals surface area contributed by atoms with E-state index in [0.29, 0.717) is 12.1 Å². The fourth-order valence-electron chi connectivity index (χ4n) is 4.36. The molecule has 0 aliphatic heterocycles. The van der Waals surface area contributed by atoms with Crippen LogP contribution in [0, 0.1) is 5.92 Å². The van der Waals surface area contributed by atoms with E-state index in [-0.39, 0.29) is 5.54 Å². The third-order valence-corrected chi connectivity index (χ3v) is 5.80. The Balaban J connectivity index is 2.10. The first-order valence-corrected chi connectivity index (χ1v) is 8.09. The third-order valence-electron chi connectivity index (χ3n) is 5.80. The standard InChI is InChI=1S/C16H32N2O/c1-13-7-4-5-9-15(13)18(2)16(12-17)10-6-8-14(11-16)19-3/h13-15H,4-12,17H2,1-3H3. The van der Waals surface area contributed by atoms with Crippen LogP contribution in [0.1, 0.15) is 58.3 Å². The van der Waals surface area contributed by atoms with E-state index in [4.69, 9.17) is 10.5 Å². The fourth-order valence-corrected chi connectivity index (χ4v) is 4.36. The van der Waals surface area contributed by atoms with Gasteiger partial charge in [-0.1, -0.05) is 19.8 Å². The molecule has 0 aromatic carbocycles. The molecule has 0 heterocycles. The SMILES string of the molecule is COC1CCCC(CN)(N(C)C2CCCCC2C)C1. The van der Waals surface area contributed by atoms with Gasteiger partial charge in [-0.3, -0.25) is 4.90 Å². The van der Waals surface area contributed by atoms with E-state index in [1.165, 1.54) is 44.9 Å². The molecule has 2 fully saturated rings. The number of hydrogen-bond acceptors (Lipinski definition) is 3. The van der Waals surface area contributed by atoms with Crippen molar-refractivity contribution >= 4 is 0 Å². The average Bonchev–Trinajstić information content (AvgIpc) is 2.47. The highest BCUT2D eigenvalue weighted by atomic mass is 16.5. The number of nitrogens with two attached hydrogens (primary N) is 1. The van der Waals surface area contributed by atoms with Crippen LogP contribution in [0.4, 0.5) is 0 Å². The lowest BCUT2D eigenvalue weighted by molar-refractivity contribution is -0.0435. The Morgan fingerprint density at radius 3 is 2.58 bits per heavy atom. The summed E-state index contributed by atoms with van der Waals surface area (Å²) < 4.78 is 5.63. The van der Waals surface area contributed by atoms with Crippen molar-refractivity contribution in [2.24, 2.45) is 11.7 Å². The van der Waals surface area contributed by atoms with Gasteiger partial charge in [0.1, 0.15) is 0 Å². The highest BCUT2D eigenvalue weighted by Gasteiger charge is 2.42. The minimum absolute atomic E-state index is 0.176. The molecular weight excluding hydrogens is 236 g/mol. The Bertz CT molecular complexity index is 284. The lowest BCUT2D eigenvalue weighted by Crippen LogP contribution is -2.60. The summed E-state index contributed by atoms with van der Waals surface area (Å²) in [5.74, 6) is 0.810. The van der Waals surface area contributed by atoms with Gasteiger partial charge in [-0.15, -0.1) is 0 Å². The number of hydrogen-bond donors (Lipinski definition) is 1. The maximum atomic E-state index is 6.21. The lowest BCUT2D eigenvalue weighted by Gasteiger charge is -2.51. The molecule has 0 saturated heterocycles. The summed E-state index contributed by atoms with van der Waals surface area (Å²) in [5.41, 5.74) is 6.39. The molecule has 2 N–H and O–H groups in total. The highest BCUT2D eigenvalue weighted by Crippen LogP contribution is 2.38. The van der Waals surface area contributed by atoms with Gasteiger partial charge in [0.25, 0.3) is 0 Å². The second-order valence-corrected chi connectivity index (χ2v) is 6.82. The molecule has 0 aromatic rings. The monoisotopic (exact) mass is 268 g/mol. The van der Waals surface area contributed by atoms with Gasteiger partial charge in [0.2, 0.25) is 0 Å². The molecule has 2 aliphatic rings. The summed E-state index contributed by atoms with van der Waals surface area (Å²) in [5, 5.41) is 0. The van der Waals surface area contributed by atoms with Crippen molar-refractivity contribution in [3.63, 3.8) is 0 Å². The van der Waals surface area contributed by atoms with Crippen LogP contribution >= 0.6 is 0 Å². The van der Waals surface area contributed by atoms with Crippen molar-refractivity contribution in [2.45, 2.75) is 76.0 Å². The van der Waals surface area contributed by atoms with Gasteiger partial charge >= 0.3 is 0 Å². The van der Waals surface area contributed by atoms with Crippen molar-refractivity contribution in [1.29, 1.82) is 0 Å². The maximum Gasteiger partial charge on any atom is 0.0589 e. The molecule has 0 spiro atoms. The maximum absolute atomic E-state index is 6.21. The molecule has 2 saturated carbocycles. The van der Waals surface area contributed by atoms with Gasteiger partial charge in [-0.05, 0) is 51.5 Å². The smallest absolute Gasteiger partial charge is 0.0589 e. The first-order chi connectivity index (χ1) is 9.13. The zero-order valence-corrected chi connectivity index (χ0v) is 13.0. The predicted molar refractivity (Wildman–Crippen MR) is 80.2 cm³/mol. The topological polar surface area (TPSA) is 38.5 Å². The molecule has 4 atom stereocenters. The second kappa shape index (κ2) is 6.55. The summed E-state index contributed by atoms with van der Waals surface area (Å²) in [7, 11) is 4.16. The Kier molecular flexibility index (Phi) is 5.27. The third kappa shape index (κ3) is 3.14. The van der Waals surface area contributed by atoms with Crippen molar-refractivity contribution in [1.82, 2.24) is 4.90 Å². The normalized spacial score (nSPS) is 40.6. The molecule has 2 rings (SSSR count). The van der Waals surface area contributed by atoms with Crippen LogP contribution in [-0.4, -0.2) is 43.3 Å². The van der Waals surface area contributed by atoms with E-state index in [2.05, 4.69) is 18.9 Å². The number of rotatable bonds is 4. The Morgan fingerprint density at radius 2 is 1.95 bits per heavy atom. The average molecular weight is 268 g/mol. The summed E-state index contributed by atoms with van der Waals surface area (Å²) in [4.78, 5) is 2.64. The van der Waals surface area contributed by atoms with E-state index in [1.54, 1.807) is 0 Å². The van der Waals surface area contributed by atoms with Gasteiger partial charge < -0.3 is 10.5 Å². The van der Waals surface area contributed by atoms with E-state index in [0.717, 1.165) is 18.9 Å². The first kappa shape index (κ1) is 15.3. The summed E-state index contributed by atoms with van der Waals surface area (Å²) in [6.45, 7) is 3.19. The van der Waals surface area contributed by atoms with Crippen LogP contribution < -0.4 is 5.73 Å². The van der Waals surface area contributed by atoms with Gasteiger partial charge in [-0.2, -0.15) is 0 Å². The number of ether oxygens (including phenoxy) is 1. The van der Waals surface area contributed by atoms with Crippen LogP contribution in [0.15, 0.2) is 0 Å². The van der Waals surface area contributed by atoms with Crippen LogP contribution in [0.5, 0.6) is 0 Å². The summed E-state index contributed by atoms with van der Waals surface area (Å²) in [6, 6.07) is 0.716. The second-order valence-electron chi connectivity index (χ2n) is 6.82. The van der Waals surface area contributed by atoms with Crippen LogP contribution in [0.25, 0.3) is 0 Å². The number of likely N-dealkylation sites (N-methyl/N-ethyl adjacent to an activating group) is 1. The molecule has 2 aliphatic carbocycles. The van der Waals surface area contributed by atoms with Crippen molar-refractivity contribution in [3.05, 3.63) is 0 Å². The first-order valence-electron chi connectivity index (χ1n) is 8.09. The van der Waals surface area contributed by atoms with E-state index in [9.17, 15) is 0 Å². The molecule has 0 radical (unpaired) electrons. The molecule has 0 amide bonds. The predicted octanol–water partition coefficient (Wildman–Crippen LogP) is 2.78. The number of methoxy groups -OCH3 is 1. The van der Waals surface area contributed by atoms with Crippen LogP contribution in [-0.2, 0) is 4.74 Å². The van der Waals surface area contributed by atoms with Crippen LogP contribution in [0.2, 0.25) is 0 Å². The van der Waals surface area contributed by atoms with Crippen molar-refractivity contribution in [3.8, 4) is 0 Å². The fraction of sp³-hybridized carbons (Fsp3) is 1.00. The van der Waals surface area contributed by atoms with Crippen LogP contribution in [0.3, 0.4) is 0 Å². The molecule has 4 unspecified atom stereocenters. The van der Waals surface area contributed by atoms with E-state index in [1.807, 2.05) is 7.11 Å². The largest absolute Gasteiger partial charge is 0.381 e. The molecule has 3 heteroatoms. The Morgan fingerprint density at radius 1 is 1.21 bits per heavy atom. The van der Waals surface area contributed by atoms with Gasteiger partial charge in [-0.25, -0.2) is 0 Å². The van der Waals surface area contributed by atoms with E-state index >= 15 is 0 Å². The van der Waals surface area contributed by atoms with E-state index < -0.39 is 0 Å². The molecular formula is C16H32N2O. The molecule has 0 bridgehead atoms. The zero-order chi connectivity index (χ0) is 13.9. The summed E-state index contributed by atoms with van der Waals surface area (Å²) >= 11 is 0. The number of nitrogens with zero attached hydrogens (tertiary/aromatic N) is 1. The quantitative estimate of drug-likeness (QED) is 0.852. The van der Waals surface area contributed by atoms with Crippen molar-refractivity contribution < 1.29 is 4.74 Å². The zero-order valence-electron chi connectivity index (χ0n) is 13.0. The van der Waals surface area contributed by atoms with Gasteiger partial charge in [0.15, 0.2) is 0 Å². The molecule has 3 nitrogen and oxygen atoms in total. The van der Waals surface area contributed by atoms with Gasteiger partial charge in [0.05, 0.1) is 6.10 Å².